The fourth-order valence-corrected chi connectivity index (χ4v) is 5.95. The van der Waals surface area contributed by atoms with Crippen molar-refractivity contribution in [1.82, 2.24) is 10.0 Å². The smallest absolute Gasteiger partial charge is 0.328 e. The summed E-state index contributed by atoms with van der Waals surface area (Å²) < 4.78 is 51.3. The number of hydrogen-bond acceptors (Lipinski definition) is 7. The number of nitrogens with one attached hydrogen (secondary N) is 2. The van der Waals surface area contributed by atoms with Gasteiger partial charge >= 0.3 is 6.03 Å². The van der Waals surface area contributed by atoms with Crippen molar-refractivity contribution in [3.63, 3.8) is 0 Å². The SMILES string of the molecule is CCCCCCCCCCCCO[C@H]1O[C@H]([C@H](C)NC(=O)NS(=O)(=O)c2ccccc2)[C@@H]2OC(C)(C)O[C@H]12. The molecular formula is C28H46N2O7S. The molecule has 216 valence electrons. The van der Waals surface area contributed by atoms with Crippen molar-refractivity contribution in [3.05, 3.63) is 30.3 Å². The van der Waals surface area contributed by atoms with Crippen LogP contribution in [0.4, 0.5) is 4.79 Å². The number of ether oxygens (including phenoxy) is 4. The Hall–Kier alpha value is -1.72. The molecule has 0 spiro atoms. The summed E-state index contributed by atoms with van der Waals surface area (Å²) in [6, 6.07) is 6.34. The monoisotopic (exact) mass is 554 g/mol. The predicted octanol–water partition coefficient (Wildman–Crippen LogP) is 5.25. The van der Waals surface area contributed by atoms with Crippen LogP contribution in [0.3, 0.4) is 0 Å². The molecule has 1 aromatic rings. The Morgan fingerprint density at radius 2 is 1.53 bits per heavy atom. The first-order valence-electron chi connectivity index (χ1n) is 14.1. The molecule has 0 unspecified atom stereocenters. The van der Waals surface area contributed by atoms with Crippen LogP contribution in [0.25, 0.3) is 0 Å². The minimum Gasteiger partial charge on any atom is -0.350 e. The fraction of sp³-hybridized carbons (Fsp3) is 0.750. The van der Waals surface area contributed by atoms with Crippen LogP contribution >= 0.6 is 0 Å². The fourth-order valence-electron chi connectivity index (χ4n) is 5.02. The van der Waals surface area contributed by atoms with Crippen molar-refractivity contribution < 1.29 is 32.2 Å². The van der Waals surface area contributed by atoms with Gasteiger partial charge in [-0.25, -0.2) is 17.9 Å². The first kappa shape index (κ1) is 30.8. The van der Waals surface area contributed by atoms with Gasteiger partial charge in [0.2, 0.25) is 0 Å². The van der Waals surface area contributed by atoms with Gasteiger partial charge in [-0.2, -0.15) is 0 Å². The molecule has 2 N–H and O–H groups in total. The third-order valence-electron chi connectivity index (χ3n) is 6.96. The van der Waals surface area contributed by atoms with E-state index in [9.17, 15) is 13.2 Å². The Bertz CT molecular complexity index is 957. The van der Waals surface area contributed by atoms with Gasteiger partial charge < -0.3 is 24.3 Å². The van der Waals surface area contributed by atoms with E-state index in [1.807, 2.05) is 13.8 Å². The van der Waals surface area contributed by atoms with E-state index in [2.05, 4.69) is 17.0 Å². The van der Waals surface area contributed by atoms with Crippen molar-refractivity contribution in [1.29, 1.82) is 0 Å². The molecule has 2 heterocycles. The zero-order valence-electron chi connectivity index (χ0n) is 23.3. The Morgan fingerprint density at radius 1 is 0.947 bits per heavy atom. The molecule has 2 fully saturated rings. The number of rotatable bonds is 16. The molecule has 3 rings (SSSR count). The Morgan fingerprint density at radius 3 is 2.16 bits per heavy atom. The lowest BCUT2D eigenvalue weighted by molar-refractivity contribution is -0.235. The van der Waals surface area contributed by atoms with Crippen molar-refractivity contribution in [2.75, 3.05) is 6.61 Å². The highest BCUT2D eigenvalue weighted by Crippen LogP contribution is 2.40. The van der Waals surface area contributed by atoms with Crippen LogP contribution in [0.1, 0.15) is 91.9 Å². The molecule has 0 aromatic heterocycles. The van der Waals surface area contributed by atoms with Gasteiger partial charge in [-0.15, -0.1) is 0 Å². The first-order chi connectivity index (χ1) is 18.1. The van der Waals surface area contributed by atoms with Crippen molar-refractivity contribution in [3.8, 4) is 0 Å². The second-order valence-corrected chi connectivity index (χ2v) is 12.4. The Labute approximate surface area is 228 Å². The molecule has 2 aliphatic rings. The highest BCUT2D eigenvalue weighted by atomic mass is 32.2. The lowest BCUT2D eigenvalue weighted by atomic mass is 10.1. The van der Waals surface area contributed by atoms with Crippen LogP contribution in [0.5, 0.6) is 0 Å². The van der Waals surface area contributed by atoms with Gasteiger partial charge in [0, 0.05) is 6.61 Å². The van der Waals surface area contributed by atoms with E-state index in [0.29, 0.717) is 6.61 Å². The number of hydrogen-bond donors (Lipinski definition) is 2. The van der Waals surface area contributed by atoms with E-state index in [1.54, 1.807) is 25.1 Å². The molecular weight excluding hydrogens is 508 g/mol. The van der Waals surface area contributed by atoms with E-state index >= 15 is 0 Å². The van der Waals surface area contributed by atoms with E-state index in [-0.39, 0.29) is 4.90 Å². The largest absolute Gasteiger partial charge is 0.350 e. The molecule has 0 saturated carbocycles. The van der Waals surface area contributed by atoms with E-state index in [4.69, 9.17) is 18.9 Å². The maximum absolute atomic E-state index is 12.5. The summed E-state index contributed by atoms with van der Waals surface area (Å²) in [7, 11) is -3.99. The number of carbonyl (C=O) groups excluding carboxylic acids is 1. The van der Waals surface area contributed by atoms with Crippen molar-refractivity contribution in [2.24, 2.45) is 0 Å². The topological polar surface area (TPSA) is 112 Å². The van der Waals surface area contributed by atoms with Gasteiger partial charge in [0.25, 0.3) is 10.0 Å². The molecule has 38 heavy (non-hydrogen) atoms. The summed E-state index contributed by atoms with van der Waals surface area (Å²) in [6.45, 7) is 8.20. The second-order valence-electron chi connectivity index (χ2n) is 10.8. The highest BCUT2D eigenvalue weighted by molar-refractivity contribution is 7.90. The number of benzene rings is 1. The van der Waals surface area contributed by atoms with E-state index in [0.717, 1.165) is 12.8 Å². The molecule has 0 bridgehead atoms. The van der Waals surface area contributed by atoms with Crippen LogP contribution < -0.4 is 10.0 Å². The molecule has 1 aromatic carbocycles. The average Bonchev–Trinajstić information content (AvgIpc) is 3.35. The maximum atomic E-state index is 12.5. The third kappa shape index (κ3) is 9.19. The van der Waals surface area contributed by atoms with Gasteiger partial charge in [0.1, 0.15) is 18.3 Å². The summed E-state index contributed by atoms with van der Waals surface area (Å²) in [4.78, 5) is 12.5. The average molecular weight is 555 g/mol. The van der Waals surface area contributed by atoms with Gasteiger partial charge in [0.15, 0.2) is 12.1 Å². The van der Waals surface area contributed by atoms with Gasteiger partial charge in [-0.1, -0.05) is 82.9 Å². The number of carbonyl (C=O) groups is 1. The molecule has 2 saturated heterocycles. The lowest BCUT2D eigenvalue weighted by Gasteiger charge is -2.27. The van der Waals surface area contributed by atoms with Gasteiger partial charge in [0.05, 0.1) is 10.9 Å². The Kier molecular flexibility index (Phi) is 11.8. The van der Waals surface area contributed by atoms with Crippen molar-refractivity contribution >= 4 is 16.1 Å². The molecule has 2 aliphatic heterocycles. The molecule has 0 radical (unpaired) electrons. The molecule has 9 nitrogen and oxygen atoms in total. The van der Waals surface area contributed by atoms with Gasteiger partial charge in [-0.3, -0.25) is 0 Å². The maximum Gasteiger partial charge on any atom is 0.328 e. The van der Waals surface area contributed by atoms with Crippen LogP contribution in [0.2, 0.25) is 0 Å². The zero-order chi connectivity index (χ0) is 27.6. The number of sulfonamides is 1. The van der Waals surface area contributed by atoms with Gasteiger partial charge in [-0.05, 0) is 39.3 Å². The quantitative estimate of drug-likeness (QED) is 0.269. The minimum atomic E-state index is -3.99. The van der Waals surface area contributed by atoms with Crippen molar-refractivity contribution in [2.45, 2.75) is 133 Å². The molecule has 5 atom stereocenters. The predicted molar refractivity (Wildman–Crippen MR) is 145 cm³/mol. The van der Waals surface area contributed by atoms with E-state index < -0.39 is 52.5 Å². The Balaban J connectivity index is 1.43. The first-order valence-corrected chi connectivity index (χ1v) is 15.6. The standard InChI is InChI=1S/C28H46N2O7S/c1-5-6-7-8-9-10-11-12-13-17-20-34-26-25-24(36-28(3,4)37-25)23(35-26)21(2)29-27(31)30-38(32,33)22-18-15-14-16-19-22/h14-16,18-19,21,23-26H,5-13,17,20H2,1-4H3,(H2,29,30,31)/t21-,23+,24-,25-,26-/m0/s1. The molecule has 0 aliphatic carbocycles. The summed E-state index contributed by atoms with van der Waals surface area (Å²) in [5, 5.41) is 2.67. The highest BCUT2D eigenvalue weighted by Gasteiger charge is 2.57. The molecule has 2 amide bonds. The van der Waals surface area contributed by atoms with Crippen LogP contribution in [-0.4, -0.2) is 57.5 Å². The zero-order valence-corrected chi connectivity index (χ0v) is 24.1. The second kappa shape index (κ2) is 14.6. The summed E-state index contributed by atoms with van der Waals surface area (Å²) in [5.41, 5.74) is 0. The number of amides is 2. The third-order valence-corrected chi connectivity index (χ3v) is 8.31. The normalized spacial score (nSPS) is 25.2. The van der Waals surface area contributed by atoms with Crippen LogP contribution in [0, 0.1) is 0 Å². The number of urea groups is 1. The van der Waals surface area contributed by atoms with E-state index in [1.165, 1.54) is 63.5 Å². The lowest BCUT2D eigenvalue weighted by Crippen LogP contribution is -2.51. The number of unbranched alkanes of at least 4 members (excludes halogenated alkanes) is 9. The molecule has 10 heteroatoms. The van der Waals surface area contributed by atoms with Crippen LogP contribution in [-0.2, 0) is 29.0 Å². The summed E-state index contributed by atoms with van der Waals surface area (Å²) in [6.07, 6.45) is 10.4. The number of fused-ring (bicyclic) bond motifs is 1. The minimum absolute atomic E-state index is 0.00898. The summed E-state index contributed by atoms with van der Waals surface area (Å²) in [5.74, 6) is -0.811. The summed E-state index contributed by atoms with van der Waals surface area (Å²) >= 11 is 0. The van der Waals surface area contributed by atoms with Crippen LogP contribution in [0.15, 0.2) is 35.2 Å².